The van der Waals surface area contributed by atoms with Crippen LogP contribution in [0.3, 0.4) is 0 Å². The van der Waals surface area contributed by atoms with Crippen molar-refractivity contribution < 1.29 is 4.42 Å². The van der Waals surface area contributed by atoms with Gasteiger partial charge in [0.1, 0.15) is 5.76 Å². The minimum Gasteiger partial charge on any atom is -0.452 e. The molecular formula is C11H10BrCl2NOS. The summed E-state index contributed by atoms with van der Waals surface area (Å²) in [7, 11) is 0. The number of rotatable bonds is 4. The zero-order valence-corrected chi connectivity index (χ0v) is 12.9. The van der Waals surface area contributed by atoms with Crippen molar-refractivity contribution in [2.24, 2.45) is 0 Å². The molecular weight excluding hydrogens is 345 g/mol. The average Bonchev–Trinajstić information content (AvgIpc) is 2.82. The van der Waals surface area contributed by atoms with Crippen molar-refractivity contribution in [3.8, 4) is 0 Å². The molecule has 1 unspecified atom stereocenters. The molecule has 92 valence electrons. The van der Waals surface area contributed by atoms with E-state index in [1.165, 1.54) is 11.3 Å². The first kappa shape index (κ1) is 13.4. The van der Waals surface area contributed by atoms with Gasteiger partial charge in [-0.25, -0.2) is 0 Å². The van der Waals surface area contributed by atoms with Gasteiger partial charge in [0.15, 0.2) is 4.67 Å². The quantitative estimate of drug-likeness (QED) is 0.825. The smallest absolute Gasteiger partial charge is 0.169 e. The van der Waals surface area contributed by atoms with Crippen LogP contribution in [0.5, 0.6) is 0 Å². The number of hydrogen-bond donors (Lipinski definition) is 1. The fourth-order valence-corrected chi connectivity index (χ4v) is 3.45. The first-order valence-corrected chi connectivity index (χ1v) is 7.41. The van der Waals surface area contributed by atoms with Gasteiger partial charge in [-0.3, -0.25) is 0 Å². The Kier molecular flexibility index (Phi) is 4.55. The highest BCUT2D eigenvalue weighted by molar-refractivity contribution is 9.10. The van der Waals surface area contributed by atoms with Gasteiger partial charge in [-0.05, 0) is 40.7 Å². The van der Waals surface area contributed by atoms with E-state index in [9.17, 15) is 0 Å². The predicted molar refractivity (Wildman–Crippen MR) is 76.3 cm³/mol. The third kappa shape index (κ3) is 3.06. The Morgan fingerprint density at radius 3 is 2.71 bits per heavy atom. The Hall–Kier alpha value is -0.0000000000000000555. The van der Waals surface area contributed by atoms with Crippen LogP contribution in [0.2, 0.25) is 8.67 Å². The lowest BCUT2D eigenvalue weighted by molar-refractivity contribution is 0.438. The first-order valence-electron chi connectivity index (χ1n) is 5.05. The minimum absolute atomic E-state index is 0.0671. The standard InChI is InChI=1S/C11H10BrCl2NOS/c1-2-15-10(7-3-4-8(12)16-7)6-5-9(13)17-11(6)14/h3-5,10,15H,2H2,1H3. The number of nitrogens with one attached hydrogen (secondary N) is 1. The summed E-state index contributed by atoms with van der Waals surface area (Å²) in [6.45, 7) is 2.85. The molecule has 2 rings (SSSR count). The molecule has 0 aromatic carbocycles. The third-order valence-electron chi connectivity index (χ3n) is 2.28. The van der Waals surface area contributed by atoms with Gasteiger partial charge in [0.25, 0.3) is 0 Å². The second kappa shape index (κ2) is 5.76. The lowest BCUT2D eigenvalue weighted by atomic mass is 10.1. The molecule has 0 radical (unpaired) electrons. The van der Waals surface area contributed by atoms with Crippen molar-refractivity contribution in [1.29, 1.82) is 0 Å². The highest BCUT2D eigenvalue weighted by Crippen LogP contribution is 2.38. The molecule has 0 aliphatic carbocycles. The number of hydrogen-bond acceptors (Lipinski definition) is 3. The van der Waals surface area contributed by atoms with Crippen LogP contribution in [-0.4, -0.2) is 6.54 Å². The van der Waals surface area contributed by atoms with Crippen molar-refractivity contribution >= 4 is 50.5 Å². The molecule has 1 atom stereocenters. The summed E-state index contributed by atoms with van der Waals surface area (Å²) < 4.78 is 7.64. The minimum atomic E-state index is -0.0671. The monoisotopic (exact) mass is 353 g/mol. The largest absolute Gasteiger partial charge is 0.452 e. The molecule has 0 fully saturated rings. The van der Waals surface area contributed by atoms with E-state index in [1.54, 1.807) is 0 Å². The Morgan fingerprint density at radius 2 is 2.24 bits per heavy atom. The molecule has 2 aromatic rings. The van der Waals surface area contributed by atoms with E-state index in [-0.39, 0.29) is 6.04 Å². The molecule has 2 heterocycles. The van der Waals surface area contributed by atoms with Crippen LogP contribution in [0.4, 0.5) is 0 Å². The maximum atomic E-state index is 6.17. The first-order chi connectivity index (χ1) is 8.11. The highest BCUT2D eigenvalue weighted by Gasteiger charge is 2.21. The normalized spacial score (nSPS) is 12.9. The molecule has 0 saturated carbocycles. The average molecular weight is 355 g/mol. The van der Waals surface area contributed by atoms with E-state index in [0.29, 0.717) is 13.3 Å². The number of halogens is 3. The second-order valence-corrected chi connectivity index (χ2v) is 6.48. The van der Waals surface area contributed by atoms with Gasteiger partial charge in [-0.15, -0.1) is 11.3 Å². The zero-order chi connectivity index (χ0) is 12.4. The Morgan fingerprint density at radius 1 is 1.47 bits per heavy atom. The molecule has 0 spiro atoms. The van der Waals surface area contributed by atoms with Gasteiger partial charge in [-0.1, -0.05) is 30.1 Å². The molecule has 17 heavy (non-hydrogen) atoms. The van der Waals surface area contributed by atoms with Crippen LogP contribution in [0.25, 0.3) is 0 Å². The van der Waals surface area contributed by atoms with Crippen molar-refractivity contribution in [1.82, 2.24) is 5.32 Å². The molecule has 0 amide bonds. The summed E-state index contributed by atoms with van der Waals surface area (Å²) in [6, 6.07) is 5.58. The molecule has 2 nitrogen and oxygen atoms in total. The molecule has 0 aliphatic rings. The van der Waals surface area contributed by atoms with Crippen LogP contribution >= 0.6 is 50.5 Å². The van der Waals surface area contributed by atoms with Gasteiger partial charge in [0, 0.05) is 5.56 Å². The van der Waals surface area contributed by atoms with Crippen molar-refractivity contribution in [2.45, 2.75) is 13.0 Å². The number of furan rings is 1. The third-order valence-corrected chi connectivity index (χ3v) is 4.23. The van der Waals surface area contributed by atoms with Crippen molar-refractivity contribution in [3.05, 3.63) is 42.9 Å². The van der Waals surface area contributed by atoms with Gasteiger partial charge in [-0.2, -0.15) is 0 Å². The molecule has 2 aromatic heterocycles. The SMILES string of the molecule is CCNC(c1ccc(Br)o1)c1cc(Cl)sc1Cl. The van der Waals surface area contributed by atoms with Crippen LogP contribution in [0, 0.1) is 0 Å². The fourth-order valence-electron chi connectivity index (χ4n) is 1.60. The van der Waals surface area contributed by atoms with Crippen LogP contribution in [-0.2, 0) is 0 Å². The molecule has 0 saturated heterocycles. The van der Waals surface area contributed by atoms with E-state index in [1.807, 2.05) is 25.1 Å². The molecule has 0 aliphatic heterocycles. The van der Waals surface area contributed by atoms with E-state index in [0.717, 1.165) is 17.9 Å². The van der Waals surface area contributed by atoms with E-state index in [4.69, 9.17) is 27.6 Å². The summed E-state index contributed by atoms with van der Waals surface area (Å²) >= 11 is 16.8. The summed E-state index contributed by atoms with van der Waals surface area (Å²) in [5.74, 6) is 0.815. The maximum absolute atomic E-state index is 6.17. The van der Waals surface area contributed by atoms with Crippen LogP contribution in [0.15, 0.2) is 27.3 Å². The van der Waals surface area contributed by atoms with Gasteiger partial charge >= 0.3 is 0 Å². The molecule has 1 N–H and O–H groups in total. The topological polar surface area (TPSA) is 25.2 Å². The number of thiophene rings is 1. The molecule has 0 bridgehead atoms. The lowest BCUT2D eigenvalue weighted by Gasteiger charge is -2.14. The maximum Gasteiger partial charge on any atom is 0.169 e. The van der Waals surface area contributed by atoms with Gasteiger partial charge in [0.05, 0.1) is 14.7 Å². The van der Waals surface area contributed by atoms with E-state index >= 15 is 0 Å². The summed E-state index contributed by atoms with van der Waals surface area (Å²) in [5, 5.41) is 3.33. The van der Waals surface area contributed by atoms with Crippen molar-refractivity contribution in [3.63, 3.8) is 0 Å². The zero-order valence-electron chi connectivity index (χ0n) is 8.97. The highest BCUT2D eigenvalue weighted by atomic mass is 79.9. The second-order valence-electron chi connectivity index (χ2n) is 3.41. The fraction of sp³-hybridized carbons (Fsp3) is 0.273. The Labute approximate surface area is 122 Å². The summed E-state index contributed by atoms with van der Waals surface area (Å²) in [5.41, 5.74) is 0.949. The Balaban J connectivity index is 2.38. The summed E-state index contributed by atoms with van der Waals surface area (Å²) in [6.07, 6.45) is 0. The van der Waals surface area contributed by atoms with Crippen LogP contribution < -0.4 is 5.32 Å². The predicted octanol–water partition coefficient (Wildman–Crippen LogP) is 5.11. The lowest BCUT2D eigenvalue weighted by Crippen LogP contribution is -2.21. The molecule has 6 heteroatoms. The van der Waals surface area contributed by atoms with Gasteiger partial charge in [0.2, 0.25) is 0 Å². The van der Waals surface area contributed by atoms with E-state index in [2.05, 4.69) is 21.2 Å². The summed E-state index contributed by atoms with van der Waals surface area (Å²) in [4.78, 5) is 0. The van der Waals surface area contributed by atoms with Crippen molar-refractivity contribution in [2.75, 3.05) is 6.54 Å². The van der Waals surface area contributed by atoms with Gasteiger partial charge < -0.3 is 9.73 Å². The van der Waals surface area contributed by atoms with Crippen LogP contribution in [0.1, 0.15) is 24.3 Å². The Bertz CT molecular complexity index is 511. The van der Waals surface area contributed by atoms with E-state index < -0.39 is 0 Å².